The lowest BCUT2D eigenvalue weighted by Crippen LogP contribution is -2.25. The molecule has 1 saturated carbocycles. The van der Waals surface area contributed by atoms with E-state index in [0.29, 0.717) is 11.1 Å². The fourth-order valence-corrected chi connectivity index (χ4v) is 3.44. The van der Waals surface area contributed by atoms with Crippen molar-refractivity contribution in [3.8, 4) is 11.1 Å². The highest BCUT2D eigenvalue weighted by molar-refractivity contribution is 7.89. The van der Waals surface area contributed by atoms with Gasteiger partial charge in [0.15, 0.2) is 0 Å². The van der Waals surface area contributed by atoms with Crippen molar-refractivity contribution in [2.45, 2.75) is 23.8 Å². The molecule has 0 saturated heterocycles. The smallest absolute Gasteiger partial charge is 0.267 e. The molecule has 3 N–H and O–H groups in total. The number of hydrogen-bond acceptors (Lipinski definition) is 4. The summed E-state index contributed by atoms with van der Waals surface area (Å²) in [4.78, 5) is 15.6. The summed E-state index contributed by atoms with van der Waals surface area (Å²) in [6.45, 7) is 0. The van der Waals surface area contributed by atoms with Crippen LogP contribution < -0.4 is 10.5 Å². The van der Waals surface area contributed by atoms with Crippen LogP contribution in [0.5, 0.6) is 0 Å². The third-order valence-corrected chi connectivity index (χ3v) is 4.95. The second-order valence-corrected chi connectivity index (χ2v) is 6.90. The zero-order chi connectivity index (χ0) is 15.7. The van der Waals surface area contributed by atoms with Gasteiger partial charge in [-0.2, -0.15) is 0 Å². The topological polar surface area (TPSA) is 102 Å². The SMILES string of the molecule is NC(=O)c1ncccc1-c1ccc(S(=O)(=O)NC2CC2)cc1. The van der Waals surface area contributed by atoms with E-state index < -0.39 is 15.9 Å². The molecule has 3 rings (SSSR count). The molecule has 1 aromatic carbocycles. The fraction of sp³-hybridized carbons (Fsp3) is 0.200. The second-order valence-electron chi connectivity index (χ2n) is 5.18. The van der Waals surface area contributed by atoms with Gasteiger partial charge in [0, 0.05) is 17.8 Å². The van der Waals surface area contributed by atoms with E-state index in [1.54, 1.807) is 24.3 Å². The summed E-state index contributed by atoms with van der Waals surface area (Å²) >= 11 is 0. The number of primary amides is 1. The molecule has 7 heteroatoms. The van der Waals surface area contributed by atoms with Crippen LogP contribution in [0.15, 0.2) is 47.5 Å². The molecule has 6 nitrogen and oxygen atoms in total. The third kappa shape index (κ3) is 3.00. The van der Waals surface area contributed by atoms with Crippen molar-refractivity contribution >= 4 is 15.9 Å². The van der Waals surface area contributed by atoms with E-state index in [-0.39, 0.29) is 16.6 Å². The number of aromatic nitrogens is 1. The lowest BCUT2D eigenvalue weighted by atomic mass is 10.0. The standard InChI is InChI=1S/C15H15N3O3S/c16-15(19)14-13(2-1-9-17-14)10-3-7-12(8-4-10)22(20,21)18-11-5-6-11/h1-4,7-9,11,18H,5-6H2,(H2,16,19). The molecule has 0 spiro atoms. The highest BCUT2D eigenvalue weighted by Gasteiger charge is 2.27. The van der Waals surface area contributed by atoms with Gasteiger partial charge in [0.2, 0.25) is 10.0 Å². The summed E-state index contributed by atoms with van der Waals surface area (Å²) in [5.74, 6) is -0.623. The zero-order valence-electron chi connectivity index (χ0n) is 11.7. The molecule has 0 radical (unpaired) electrons. The first-order valence-corrected chi connectivity index (χ1v) is 8.33. The highest BCUT2D eigenvalue weighted by Crippen LogP contribution is 2.25. The molecule has 0 bridgehead atoms. The van der Waals surface area contributed by atoms with Crippen molar-refractivity contribution in [1.82, 2.24) is 9.71 Å². The van der Waals surface area contributed by atoms with Crippen LogP contribution in [0.3, 0.4) is 0 Å². The molecular weight excluding hydrogens is 302 g/mol. The lowest BCUT2D eigenvalue weighted by molar-refractivity contribution is 0.0996. The van der Waals surface area contributed by atoms with E-state index in [0.717, 1.165) is 12.8 Å². The van der Waals surface area contributed by atoms with Gasteiger partial charge in [0.1, 0.15) is 5.69 Å². The Labute approximate surface area is 128 Å². The maximum Gasteiger partial charge on any atom is 0.267 e. The number of nitrogens with two attached hydrogens (primary N) is 1. The van der Waals surface area contributed by atoms with Crippen molar-refractivity contribution in [2.24, 2.45) is 5.73 Å². The zero-order valence-corrected chi connectivity index (χ0v) is 12.5. The third-order valence-electron chi connectivity index (χ3n) is 3.42. The molecule has 1 aromatic heterocycles. The van der Waals surface area contributed by atoms with Crippen LogP contribution >= 0.6 is 0 Å². The summed E-state index contributed by atoms with van der Waals surface area (Å²) in [5.41, 5.74) is 6.73. The van der Waals surface area contributed by atoms with Gasteiger partial charge >= 0.3 is 0 Å². The Hall–Kier alpha value is -2.25. The van der Waals surface area contributed by atoms with Crippen LogP contribution in [-0.2, 0) is 10.0 Å². The number of carbonyl (C=O) groups excluding carboxylic acids is 1. The Morgan fingerprint density at radius 3 is 2.45 bits per heavy atom. The normalized spacial score (nSPS) is 14.7. The number of sulfonamides is 1. The first-order chi connectivity index (χ1) is 10.5. The van der Waals surface area contributed by atoms with Crippen molar-refractivity contribution in [3.05, 3.63) is 48.3 Å². The number of pyridine rings is 1. The molecule has 114 valence electrons. The molecule has 1 heterocycles. The molecule has 1 fully saturated rings. The molecule has 2 aromatic rings. The molecule has 1 amide bonds. The van der Waals surface area contributed by atoms with Gasteiger partial charge in [-0.1, -0.05) is 18.2 Å². The van der Waals surface area contributed by atoms with Gasteiger partial charge < -0.3 is 5.73 Å². The average molecular weight is 317 g/mol. The first-order valence-electron chi connectivity index (χ1n) is 6.85. The number of carbonyl (C=O) groups is 1. The van der Waals surface area contributed by atoms with E-state index in [1.165, 1.54) is 18.3 Å². The van der Waals surface area contributed by atoms with Crippen molar-refractivity contribution < 1.29 is 13.2 Å². The number of amides is 1. The Kier molecular flexibility index (Phi) is 3.67. The van der Waals surface area contributed by atoms with E-state index in [2.05, 4.69) is 9.71 Å². The van der Waals surface area contributed by atoms with Crippen LogP contribution in [-0.4, -0.2) is 25.4 Å². The van der Waals surface area contributed by atoms with Crippen LogP contribution in [0, 0.1) is 0 Å². The summed E-state index contributed by atoms with van der Waals surface area (Å²) in [7, 11) is -3.48. The van der Waals surface area contributed by atoms with E-state index in [9.17, 15) is 13.2 Å². The monoisotopic (exact) mass is 317 g/mol. The van der Waals surface area contributed by atoms with E-state index in [4.69, 9.17) is 5.73 Å². The molecule has 0 atom stereocenters. The Bertz CT molecular complexity index is 812. The van der Waals surface area contributed by atoms with Crippen molar-refractivity contribution in [2.75, 3.05) is 0 Å². The number of hydrogen-bond donors (Lipinski definition) is 2. The number of benzene rings is 1. The van der Waals surface area contributed by atoms with E-state index in [1.807, 2.05) is 0 Å². The number of nitrogens with zero attached hydrogens (tertiary/aromatic N) is 1. The first kappa shape index (κ1) is 14.7. The largest absolute Gasteiger partial charge is 0.364 e. The van der Waals surface area contributed by atoms with Crippen LogP contribution in [0.25, 0.3) is 11.1 Å². The minimum atomic E-state index is -3.48. The van der Waals surface area contributed by atoms with Gasteiger partial charge in [-0.15, -0.1) is 0 Å². The molecule has 22 heavy (non-hydrogen) atoms. The fourth-order valence-electron chi connectivity index (χ4n) is 2.14. The number of nitrogens with one attached hydrogen (secondary N) is 1. The van der Waals surface area contributed by atoms with Crippen LogP contribution in [0.2, 0.25) is 0 Å². The van der Waals surface area contributed by atoms with Crippen molar-refractivity contribution in [3.63, 3.8) is 0 Å². The highest BCUT2D eigenvalue weighted by atomic mass is 32.2. The minimum absolute atomic E-state index is 0.0597. The maximum absolute atomic E-state index is 12.1. The second kappa shape index (κ2) is 5.51. The van der Waals surface area contributed by atoms with Crippen molar-refractivity contribution in [1.29, 1.82) is 0 Å². The molecular formula is C15H15N3O3S. The molecule has 0 unspecified atom stereocenters. The van der Waals surface area contributed by atoms with Crippen LogP contribution in [0.4, 0.5) is 0 Å². The summed E-state index contributed by atoms with van der Waals surface area (Å²) < 4.78 is 26.8. The summed E-state index contributed by atoms with van der Waals surface area (Å²) in [6.07, 6.45) is 3.26. The van der Waals surface area contributed by atoms with Gasteiger partial charge in [0.25, 0.3) is 5.91 Å². The van der Waals surface area contributed by atoms with Gasteiger partial charge in [0.05, 0.1) is 4.90 Å². The summed E-state index contributed by atoms with van der Waals surface area (Å²) in [5, 5.41) is 0. The van der Waals surface area contributed by atoms with Gasteiger partial charge in [-0.3, -0.25) is 9.78 Å². The Balaban J connectivity index is 1.93. The molecule has 1 aliphatic carbocycles. The van der Waals surface area contributed by atoms with Crippen LogP contribution in [0.1, 0.15) is 23.3 Å². The average Bonchev–Trinajstić information content (AvgIpc) is 3.30. The summed E-state index contributed by atoms with van der Waals surface area (Å²) in [6, 6.07) is 9.79. The maximum atomic E-state index is 12.1. The molecule has 1 aliphatic rings. The van der Waals surface area contributed by atoms with Gasteiger partial charge in [-0.25, -0.2) is 13.1 Å². The number of rotatable bonds is 5. The Morgan fingerprint density at radius 2 is 1.86 bits per heavy atom. The minimum Gasteiger partial charge on any atom is -0.364 e. The predicted octanol–water partition coefficient (Wildman–Crippen LogP) is 1.29. The lowest BCUT2D eigenvalue weighted by Gasteiger charge is -2.08. The van der Waals surface area contributed by atoms with E-state index >= 15 is 0 Å². The molecule has 0 aliphatic heterocycles. The quantitative estimate of drug-likeness (QED) is 0.867. The predicted molar refractivity (Wildman–Crippen MR) is 81.5 cm³/mol. The van der Waals surface area contributed by atoms with Gasteiger partial charge in [-0.05, 0) is 36.6 Å². The Morgan fingerprint density at radius 1 is 1.18 bits per heavy atom.